The first-order chi connectivity index (χ1) is 18.7. The number of benzene rings is 3. The van der Waals surface area contributed by atoms with Crippen molar-refractivity contribution in [2.75, 3.05) is 19.7 Å². The Balaban J connectivity index is 1.17. The molecule has 4 rings (SSSR count). The predicted molar refractivity (Wildman–Crippen MR) is 150 cm³/mol. The molecule has 3 N–H and O–H groups in total. The third kappa shape index (κ3) is 7.60. The lowest BCUT2D eigenvalue weighted by Crippen LogP contribution is -2.34. The van der Waals surface area contributed by atoms with E-state index in [2.05, 4.69) is 40.2 Å². The summed E-state index contributed by atoms with van der Waals surface area (Å²) >= 11 is 0. The van der Waals surface area contributed by atoms with E-state index in [1.54, 1.807) is 45.0 Å². The standard InChI is InChI=1S/C31H35N3O5/c1-31(2,3)39-30(37)33-18-8-17-32-28(35)22-15-13-21(14-16-22)19-34-29(36)38-20-27-25-11-6-4-9-23(25)24-10-5-7-12-26(24)27/h4-7,9-16,27H,8,17-20H2,1-3H3,(H,32,35)(H,33,37)(H,34,36). The molecule has 3 aromatic rings. The molecule has 8 nitrogen and oxygen atoms in total. The molecule has 0 saturated carbocycles. The van der Waals surface area contributed by atoms with Crippen LogP contribution in [0.25, 0.3) is 11.1 Å². The number of hydrogen-bond donors (Lipinski definition) is 3. The third-order valence-electron chi connectivity index (χ3n) is 6.30. The Morgan fingerprint density at radius 2 is 1.33 bits per heavy atom. The fourth-order valence-corrected chi connectivity index (χ4v) is 4.49. The van der Waals surface area contributed by atoms with Crippen molar-refractivity contribution in [2.24, 2.45) is 0 Å². The first-order valence-electron chi connectivity index (χ1n) is 13.1. The lowest BCUT2D eigenvalue weighted by atomic mass is 9.98. The molecule has 0 unspecified atom stereocenters. The van der Waals surface area contributed by atoms with Crippen molar-refractivity contribution < 1.29 is 23.9 Å². The molecule has 0 heterocycles. The van der Waals surface area contributed by atoms with Crippen LogP contribution < -0.4 is 16.0 Å². The van der Waals surface area contributed by atoms with Crippen LogP contribution in [0, 0.1) is 0 Å². The van der Waals surface area contributed by atoms with E-state index in [0.29, 0.717) is 25.1 Å². The highest BCUT2D eigenvalue weighted by atomic mass is 16.6. The molecule has 204 valence electrons. The Hall–Kier alpha value is -4.33. The van der Waals surface area contributed by atoms with E-state index in [1.807, 2.05) is 24.3 Å². The Morgan fingerprint density at radius 1 is 0.744 bits per heavy atom. The molecule has 0 bridgehead atoms. The molecule has 1 aliphatic rings. The van der Waals surface area contributed by atoms with Crippen LogP contribution in [0.3, 0.4) is 0 Å². The zero-order chi connectivity index (χ0) is 27.8. The maximum atomic E-state index is 12.4. The van der Waals surface area contributed by atoms with Crippen molar-refractivity contribution in [1.29, 1.82) is 0 Å². The van der Waals surface area contributed by atoms with E-state index >= 15 is 0 Å². The van der Waals surface area contributed by atoms with Crippen LogP contribution in [0.5, 0.6) is 0 Å². The van der Waals surface area contributed by atoms with Gasteiger partial charge in [-0.1, -0.05) is 60.7 Å². The maximum absolute atomic E-state index is 12.4. The van der Waals surface area contributed by atoms with E-state index in [0.717, 1.165) is 5.56 Å². The van der Waals surface area contributed by atoms with Crippen LogP contribution in [0.15, 0.2) is 72.8 Å². The predicted octanol–water partition coefficient (Wildman–Crippen LogP) is 5.37. The minimum atomic E-state index is -0.546. The summed E-state index contributed by atoms with van der Waals surface area (Å²) in [6.07, 6.45) is -0.387. The van der Waals surface area contributed by atoms with Gasteiger partial charge < -0.3 is 25.4 Å². The van der Waals surface area contributed by atoms with E-state index < -0.39 is 17.8 Å². The molecule has 0 spiro atoms. The SMILES string of the molecule is CC(C)(C)OC(=O)NCCCNC(=O)c1ccc(CNC(=O)OCC2c3ccccc3-c3ccccc32)cc1. The van der Waals surface area contributed by atoms with E-state index in [9.17, 15) is 14.4 Å². The number of carbonyl (C=O) groups excluding carboxylic acids is 3. The van der Waals surface area contributed by atoms with Crippen molar-refractivity contribution in [3.63, 3.8) is 0 Å². The van der Waals surface area contributed by atoms with Gasteiger partial charge in [0.05, 0.1) is 0 Å². The average Bonchev–Trinajstić information content (AvgIpc) is 3.23. The summed E-state index contributed by atoms with van der Waals surface area (Å²) < 4.78 is 10.7. The van der Waals surface area contributed by atoms with Gasteiger partial charge in [-0.25, -0.2) is 9.59 Å². The number of rotatable bonds is 9. The highest BCUT2D eigenvalue weighted by molar-refractivity contribution is 5.94. The van der Waals surface area contributed by atoms with Crippen LogP contribution in [-0.4, -0.2) is 43.4 Å². The van der Waals surface area contributed by atoms with E-state index in [4.69, 9.17) is 9.47 Å². The normalized spacial score (nSPS) is 12.2. The van der Waals surface area contributed by atoms with Gasteiger partial charge in [0.15, 0.2) is 0 Å². The number of carbonyl (C=O) groups is 3. The smallest absolute Gasteiger partial charge is 0.407 e. The molecule has 0 atom stereocenters. The van der Waals surface area contributed by atoms with Crippen LogP contribution in [0.4, 0.5) is 9.59 Å². The van der Waals surface area contributed by atoms with Crippen LogP contribution >= 0.6 is 0 Å². The van der Waals surface area contributed by atoms with Crippen molar-refractivity contribution in [2.45, 2.75) is 45.3 Å². The molecule has 0 fully saturated rings. The first-order valence-corrected chi connectivity index (χ1v) is 13.1. The van der Waals surface area contributed by atoms with Gasteiger partial charge in [-0.05, 0) is 67.1 Å². The molecule has 39 heavy (non-hydrogen) atoms. The summed E-state index contributed by atoms with van der Waals surface area (Å²) in [5, 5.41) is 8.27. The van der Waals surface area contributed by atoms with Crippen molar-refractivity contribution in [3.8, 4) is 11.1 Å². The second kappa shape index (κ2) is 12.5. The molecule has 3 amide bonds. The lowest BCUT2D eigenvalue weighted by Gasteiger charge is -2.19. The van der Waals surface area contributed by atoms with Gasteiger partial charge >= 0.3 is 12.2 Å². The summed E-state index contributed by atoms with van der Waals surface area (Å²) in [5.41, 5.74) is 5.52. The number of fused-ring (bicyclic) bond motifs is 3. The Bertz CT molecular complexity index is 1270. The number of nitrogens with one attached hydrogen (secondary N) is 3. The lowest BCUT2D eigenvalue weighted by molar-refractivity contribution is 0.0527. The van der Waals surface area contributed by atoms with Gasteiger partial charge in [-0.15, -0.1) is 0 Å². The molecular formula is C31H35N3O5. The van der Waals surface area contributed by atoms with E-state index in [1.165, 1.54) is 22.3 Å². The Kier molecular flexibility index (Phi) is 8.86. The van der Waals surface area contributed by atoms with Crippen LogP contribution in [0.2, 0.25) is 0 Å². The van der Waals surface area contributed by atoms with Crippen LogP contribution in [0.1, 0.15) is 60.2 Å². The molecule has 3 aromatic carbocycles. The van der Waals surface area contributed by atoms with Crippen molar-refractivity contribution in [1.82, 2.24) is 16.0 Å². The molecule has 0 aliphatic heterocycles. The summed E-state index contributed by atoms with van der Waals surface area (Å²) in [7, 11) is 0. The minimum absolute atomic E-state index is 0.00837. The van der Waals surface area contributed by atoms with E-state index in [-0.39, 0.29) is 25.0 Å². The second-order valence-electron chi connectivity index (χ2n) is 10.4. The summed E-state index contributed by atoms with van der Waals surface area (Å²) in [6, 6.07) is 23.4. The summed E-state index contributed by atoms with van der Waals surface area (Å²) in [6.45, 7) is 6.76. The fraction of sp³-hybridized carbons (Fsp3) is 0.323. The van der Waals surface area contributed by atoms with Crippen molar-refractivity contribution >= 4 is 18.1 Å². The highest BCUT2D eigenvalue weighted by Crippen LogP contribution is 2.44. The highest BCUT2D eigenvalue weighted by Gasteiger charge is 2.29. The zero-order valence-corrected chi connectivity index (χ0v) is 22.6. The number of alkyl carbamates (subject to hydrolysis) is 2. The largest absolute Gasteiger partial charge is 0.449 e. The van der Waals surface area contributed by atoms with Gasteiger partial charge in [-0.2, -0.15) is 0 Å². The van der Waals surface area contributed by atoms with Crippen LogP contribution in [-0.2, 0) is 16.0 Å². The molecule has 0 saturated heterocycles. The maximum Gasteiger partial charge on any atom is 0.407 e. The van der Waals surface area contributed by atoms with Gasteiger partial charge in [0, 0.05) is 31.1 Å². The Labute approximate surface area is 229 Å². The van der Waals surface area contributed by atoms with Gasteiger partial charge in [-0.3, -0.25) is 4.79 Å². The summed E-state index contributed by atoms with van der Waals surface area (Å²) in [4.78, 5) is 36.4. The van der Waals surface area contributed by atoms with Gasteiger partial charge in [0.25, 0.3) is 5.91 Å². The first kappa shape index (κ1) is 27.7. The summed E-state index contributed by atoms with van der Waals surface area (Å²) in [5.74, 6) is -0.197. The molecule has 1 aliphatic carbocycles. The minimum Gasteiger partial charge on any atom is -0.449 e. The Morgan fingerprint density at radius 3 is 1.95 bits per heavy atom. The third-order valence-corrected chi connectivity index (χ3v) is 6.30. The number of hydrogen-bond acceptors (Lipinski definition) is 5. The van der Waals surface area contributed by atoms with Gasteiger partial charge in [0.2, 0.25) is 0 Å². The molecule has 0 radical (unpaired) electrons. The molecule has 8 heteroatoms. The number of ether oxygens (including phenoxy) is 2. The fourth-order valence-electron chi connectivity index (χ4n) is 4.49. The monoisotopic (exact) mass is 529 g/mol. The van der Waals surface area contributed by atoms with Gasteiger partial charge in [0.1, 0.15) is 12.2 Å². The number of amides is 3. The topological polar surface area (TPSA) is 106 Å². The second-order valence-corrected chi connectivity index (χ2v) is 10.4. The van der Waals surface area contributed by atoms with Crippen molar-refractivity contribution in [3.05, 3.63) is 95.1 Å². The average molecular weight is 530 g/mol. The quantitative estimate of drug-likeness (QED) is 0.323. The zero-order valence-electron chi connectivity index (χ0n) is 22.6. The molecule has 0 aromatic heterocycles. The molecular weight excluding hydrogens is 494 g/mol.